The molecule has 0 saturated heterocycles. The lowest BCUT2D eigenvalue weighted by Gasteiger charge is -2.18. The molecular formula is C6H11ClS2. The fourth-order valence-corrected chi connectivity index (χ4v) is 3.65. The highest BCUT2D eigenvalue weighted by Gasteiger charge is 2.12. The molecule has 0 amide bonds. The minimum atomic E-state index is 0.848. The molecule has 0 heterocycles. The van der Waals surface area contributed by atoms with Crippen molar-refractivity contribution in [1.82, 2.24) is 0 Å². The van der Waals surface area contributed by atoms with Crippen LogP contribution in [0.4, 0.5) is 0 Å². The summed E-state index contributed by atoms with van der Waals surface area (Å²) in [5, 5.41) is 0.848. The lowest BCUT2D eigenvalue weighted by Crippen LogP contribution is -2.05. The number of hydrogen-bond donors (Lipinski definition) is 0. The molecule has 0 N–H and O–H groups in total. The standard InChI is InChI=1S/C6H11ClS2/c7-9-8-6-4-2-1-3-5-6/h6H,1-5H2. The van der Waals surface area contributed by atoms with Crippen molar-refractivity contribution >= 4 is 31.5 Å². The van der Waals surface area contributed by atoms with Crippen LogP contribution in [0.1, 0.15) is 32.1 Å². The number of halogens is 1. The van der Waals surface area contributed by atoms with E-state index in [9.17, 15) is 0 Å². The molecule has 0 radical (unpaired) electrons. The van der Waals surface area contributed by atoms with Crippen molar-refractivity contribution in [3.63, 3.8) is 0 Å². The Labute approximate surface area is 69.0 Å². The Kier molecular flexibility index (Phi) is 4.27. The zero-order valence-electron chi connectivity index (χ0n) is 5.31. The van der Waals surface area contributed by atoms with Crippen LogP contribution >= 0.6 is 31.5 Å². The van der Waals surface area contributed by atoms with Gasteiger partial charge in [-0.2, -0.15) is 0 Å². The zero-order chi connectivity index (χ0) is 6.53. The van der Waals surface area contributed by atoms with Crippen LogP contribution in [-0.4, -0.2) is 5.25 Å². The molecule has 0 aliphatic heterocycles. The highest BCUT2D eigenvalue weighted by Crippen LogP contribution is 2.37. The monoisotopic (exact) mass is 182 g/mol. The maximum Gasteiger partial charge on any atom is 0.0163 e. The molecular weight excluding hydrogens is 172 g/mol. The van der Waals surface area contributed by atoms with Crippen LogP contribution in [0.2, 0.25) is 0 Å². The quantitative estimate of drug-likeness (QED) is 0.595. The van der Waals surface area contributed by atoms with E-state index in [1.807, 2.05) is 10.8 Å². The molecule has 0 unspecified atom stereocenters. The van der Waals surface area contributed by atoms with Gasteiger partial charge in [-0.05, 0) is 23.5 Å². The van der Waals surface area contributed by atoms with Crippen molar-refractivity contribution in [2.75, 3.05) is 0 Å². The normalized spacial score (nSPS) is 22.3. The third-order valence-corrected chi connectivity index (χ3v) is 4.23. The van der Waals surface area contributed by atoms with Gasteiger partial charge in [0.15, 0.2) is 0 Å². The molecule has 0 aromatic rings. The Morgan fingerprint density at radius 2 is 1.78 bits per heavy atom. The topological polar surface area (TPSA) is 0 Å². The van der Waals surface area contributed by atoms with Gasteiger partial charge in [-0.15, -0.1) is 0 Å². The van der Waals surface area contributed by atoms with Crippen LogP contribution in [0.15, 0.2) is 0 Å². The summed E-state index contributed by atoms with van der Waals surface area (Å²) in [5.41, 5.74) is 0. The fourth-order valence-electron chi connectivity index (χ4n) is 1.21. The minimum Gasteiger partial charge on any atom is -0.0739 e. The molecule has 1 saturated carbocycles. The Morgan fingerprint density at radius 1 is 1.11 bits per heavy atom. The summed E-state index contributed by atoms with van der Waals surface area (Å²) in [6.07, 6.45) is 7.02. The largest absolute Gasteiger partial charge is 0.0739 e. The molecule has 0 nitrogen and oxygen atoms in total. The second-order valence-corrected chi connectivity index (χ2v) is 5.49. The molecule has 1 fully saturated rings. The molecule has 54 valence electrons. The summed E-state index contributed by atoms with van der Waals surface area (Å²) in [7, 11) is 8.75. The molecule has 1 aliphatic carbocycles. The van der Waals surface area contributed by atoms with E-state index in [-0.39, 0.29) is 0 Å². The van der Waals surface area contributed by atoms with Crippen molar-refractivity contribution in [3.05, 3.63) is 0 Å². The van der Waals surface area contributed by atoms with Crippen molar-refractivity contribution in [3.8, 4) is 0 Å². The summed E-state index contributed by atoms with van der Waals surface area (Å²) in [6, 6.07) is 0. The summed E-state index contributed by atoms with van der Waals surface area (Å²) in [4.78, 5) is 0. The average Bonchev–Trinajstić information content (AvgIpc) is 1.91. The maximum atomic E-state index is 5.51. The highest BCUT2D eigenvalue weighted by atomic mass is 35.7. The van der Waals surface area contributed by atoms with Crippen LogP contribution in [0, 0.1) is 0 Å². The van der Waals surface area contributed by atoms with E-state index < -0.39 is 0 Å². The van der Waals surface area contributed by atoms with E-state index in [2.05, 4.69) is 0 Å². The van der Waals surface area contributed by atoms with Gasteiger partial charge in [0.25, 0.3) is 0 Å². The van der Waals surface area contributed by atoms with Gasteiger partial charge < -0.3 is 0 Å². The molecule has 1 rings (SSSR count). The lowest BCUT2D eigenvalue weighted by molar-refractivity contribution is 0.517. The molecule has 0 spiro atoms. The first-order chi connectivity index (χ1) is 4.43. The molecule has 0 atom stereocenters. The molecule has 9 heavy (non-hydrogen) atoms. The first-order valence-electron chi connectivity index (χ1n) is 3.37. The third kappa shape index (κ3) is 3.06. The third-order valence-electron chi connectivity index (χ3n) is 1.72. The Balaban J connectivity index is 2.08. The second-order valence-electron chi connectivity index (χ2n) is 2.42. The van der Waals surface area contributed by atoms with Gasteiger partial charge in [0.05, 0.1) is 0 Å². The van der Waals surface area contributed by atoms with Gasteiger partial charge in [-0.3, -0.25) is 0 Å². The van der Waals surface area contributed by atoms with Gasteiger partial charge in [-0.25, -0.2) is 0 Å². The van der Waals surface area contributed by atoms with Gasteiger partial charge in [0.2, 0.25) is 0 Å². The van der Waals surface area contributed by atoms with Gasteiger partial charge >= 0.3 is 0 Å². The molecule has 3 heteroatoms. The first-order valence-corrected chi connectivity index (χ1v) is 6.41. The number of hydrogen-bond acceptors (Lipinski definition) is 2. The maximum absolute atomic E-state index is 5.51. The van der Waals surface area contributed by atoms with Crippen molar-refractivity contribution < 1.29 is 0 Å². The minimum absolute atomic E-state index is 0.848. The van der Waals surface area contributed by atoms with E-state index in [0.29, 0.717) is 0 Å². The van der Waals surface area contributed by atoms with E-state index in [4.69, 9.17) is 10.7 Å². The van der Waals surface area contributed by atoms with Crippen LogP contribution in [0.5, 0.6) is 0 Å². The fraction of sp³-hybridized carbons (Fsp3) is 1.00. The van der Waals surface area contributed by atoms with Crippen LogP contribution < -0.4 is 0 Å². The summed E-state index contributed by atoms with van der Waals surface area (Å²) in [5.74, 6) is 0. The van der Waals surface area contributed by atoms with Gasteiger partial charge in [0.1, 0.15) is 0 Å². The predicted molar refractivity (Wildman–Crippen MR) is 47.9 cm³/mol. The summed E-state index contributed by atoms with van der Waals surface area (Å²) in [6.45, 7) is 0. The van der Waals surface area contributed by atoms with E-state index in [1.165, 1.54) is 42.1 Å². The van der Waals surface area contributed by atoms with Crippen LogP contribution in [0.3, 0.4) is 0 Å². The van der Waals surface area contributed by atoms with Crippen LogP contribution in [0.25, 0.3) is 0 Å². The van der Waals surface area contributed by atoms with Gasteiger partial charge in [-0.1, -0.05) is 30.1 Å². The van der Waals surface area contributed by atoms with Crippen LogP contribution in [-0.2, 0) is 0 Å². The van der Waals surface area contributed by atoms with E-state index in [1.54, 1.807) is 0 Å². The van der Waals surface area contributed by atoms with Crippen molar-refractivity contribution in [1.29, 1.82) is 0 Å². The smallest absolute Gasteiger partial charge is 0.0163 e. The van der Waals surface area contributed by atoms with Crippen molar-refractivity contribution in [2.24, 2.45) is 0 Å². The molecule has 0 bridgehead atoms. The molecule has 1 aliphatic rings. The zero-order valence-corrected chi connectivity index (χ0v) is 7.70. The SMILES string of the molecule is ClSSC1CCCCC1. The Bertz CT molecular complexity index is 68.7. The summed E-state index contributed by atoms with van der Waals surface area (Å²) < 4.78 is 0. The van der Waals surface area contributed by atoms with E-state index in [0.717, 1.165) is 5.25 Å². The molecule has 0 aromatic carbocycles. The van der Waals surface area contributed by atoms with E-state index >= 15 is 0 Å². The highest BCUT2D eigenvalue weighted by molar-refractivity contribution is 8.85. The average molecular weight is 183 g/mol. The second kappa shape index (κ2) is 4.75. The predicted octanol–water partition coefficient (Wildman–Crippen LogP) is 3.85. The first kappa shape index (κ1) is 8.09. The van der Waals surface area contributed by atoms with Crippen molar-refractivity contribution in [2.45, 2.75) is 37.4 Å². The number of rotatable bonds is 2. The lowest BCUT2D eigenvalue weighted by atomic mass is 10.0. The van der Waals surface area contributed by atoms with Gasteiger partial charge in [0, 0.05) is 15.3 Å². The molecule has 0 aromatic heterocycles. The summed E-state index contributed by atoms with van der Waals surface area (Å²) >= 11 is 0. The Hall–Kier alpha value is 0.990. The Morgan fingerprint density at radius 3 is 2.33 bits per heavy atom.